The van der Waals surface area contributed by atoms with Crippen molar-refractivity contribution < 1.29 is 9.15 Å². The second kappa shape index (κ2) is 6.22. The summed E-state index contributed by atoms with van der Waals surface area (Å²) in [4.78, 5) is 0. The fourth-order valence-electron chi connectivity index (χ4n) is 2.37. The zero-order valence-electron chi connectivity index (χ0n) is 10.9. The second-order valence-electron chi connectivity index (χ2n) is 4.71. The Hall–Kier alpha value is -0.800. The lowest BCUT2D eigenvalue weighted by Crippen LogP contribution is -2.29. The highest BCUT2D eigenvalue weighted by Crippen LogP contribution is 2.30. The number of ether oxygens (including phenoxy) is 1. The molecule has 1 aliphatic heterocycles. The van der Waals surface area contributed by atoms with E-state index in [1.165, 1.54) is 0 Å². The lowest BCUT2D eigenvalue weighted by atomic mass is 9.97. The minimum absolute atomic E-state index is 0.317. The quantitative estimate of drug-likeness (QED) is 0.826. The van der Waals surface area contributed by atoms with Crippen molar-refractivity contribution in [2.45, 2.75) is 39.2 Å². The van der Waals surface area contributed by atoms with Gasteiger partial charge in [-0.25, -0.2) is 0 Å². The monoisotopic (exact) mass is 237 g/mol. The molecule has 96 valence electrons. The van der Waals surface area contributed by atoms with E-state index in [4.69, 9.17) is 9.15 Å². The topological polar surface area (TPSA) is 34.4 Å². The van der Waals surface area contributed by atoms with Crippen LogP contribution in [0, 0.1) is 5.92 Å². The summed E-state index contributed by atoms with van der Waals surface area (Å²) in [7, 11) is 0. The van der Waals surface area contributed by atoms with Gasteiger partial charge in [-0.05, 0) is 31.5 Å². The molecule has 1 aromatic rings. The van der Waals surface area contributed by atoms with Crippen molar-refractivity contribution in [3.05, 3.63) is 23.7 Å². The SMILES string of the molecule is CCCNC(c1ccc(CC)o1)C1CCOC1. The van der Waals surface area contributed by atoms with Gasteiger partial charge in [0.15, 0.2) is 0 Å². The standard InChI is InChI=1S/C14H23NO2/c1-3-8-15-14(11-7-9-16-10-11)13-6-5-12(4-2)17-13/h5-6,11,14-15H,3-4,7-10H2,1-2H3. The van der Waals surface area contributed by atoms with E-state index in [9.17, 15) is 0 Å². The highest BCUT2D eigenvalue weighted by molar-refractivity contribution is 5.12. The van der Waals surface area contributed by atoms with E-state index in [1.807, 2.05) is 0 Å². The maximum absolute atomic E-state index is 5.89. The number of hydrogen-bond acceptors (Lipinski definition) is 3. The van der Waals surface area contributed by atoms with E-state index in [0.717, 1.165) is 50.5 Å². The molecule has 17 heavy (non-hydrogen) atoms. The maximum Gasteiger partial charge on any atom is 0.121 e. The predicted octanol–water partition coefficient (Wildman–Crippen LogP) is 2.92. The number of nitrogens with one attached hydrogen (secondary N) is 1. The lowest BCUT2D eigenvalue weighted by molar-refractivity contribution is 0.172. The molecule has 1 N–H and O–H groups in total. The molecule has 0 saturated carbocycles. The van der Waals surface area contributed by atoms with Crippen LogP contribution in [0.15, 0.2) is 16.5 Å². The summed E-state index contributed by atoms with van der Waals surface area (Å²) in [5, 5.41) is 3.59. The van der Waals surface area contributed by atoms with Gasteiger partial charge < -0.3 is 14.5 Å². The molecule has 1 fully saturated rings. The van der Waals surface area contributed by atoms with E-state index in [2.05, 4.69) is 31.3 Å². The molecule has 0 spiro atoms. The van der Waals surface area contributed by atoms with Crippen molar-refractivity contribution in [1.29, 1.82) is 0 Å². The van der Waals surface area contributed by atoms with Crippen molar-refractivity contribution in [2.24, 2.45) is 5.92 Å². The molecule has 2 rings (SSSR count). The van der Waals surface area contributed by atoms with Crippen LogP contribution in [0.2, 0.25) is 0 Å². The van der Waals surface area contributed by atoms with Crippen LogP contribution in [-0.2, 0) is 11.2 Å². The van der Waals surface area contributed by atoms with Crippen molar-refractivity contribution in [2.75, 3.05) is 19.8 Å². The van der Waals surface area contributed by atoms with Crippen LogP contribution < -0.4 is 5.32 Å². The highest BCUT2D eigenvalue weighted by atomic mass is 16.5. The summed E-state index contributed by atoms with van der Waals surface area (Å²) < 4.78 is 11.4. The lowest BCUT2D eigenvalue weighted by Gasteiger charge is -2.21. The van der Waals surface area contributed by atoms with Crippen LogP contribution >= 0.6 is 0 Å². The molecular formula is C14H23NO2. The average Bonchev–Trinajstić information content (AvgIpc) is 3.00. The number of hydrogen-bond donors (Lipinski definition) is 1. The smallest absolute Gasteiger partial charge is 0.121 e. The highest BCUT2D eigenvalue weighted by Gasteiger charge is 2.28. The molecule has 0 radical (unpaired) electrons. The summed E-state index contributed by atoms with van der Waals surface area (Å²) in [5.74, 6) is 2.70. The Morgan fingerprint density at radius 1 is 1.41 bits per heavy atom. The van der Waals surface area contributed by atoms with Gasteiger partial charge in [0.25, 0.3) is 0 Å². The molecule has 0 aromatic carbocycles. The van der Waals surface area contributed by atoms with Crippen LogP contribution in [0.3, 0.4) is 0 Å². The molecule has 3 heteroatoms. The summed E-state index contributed by atoms with van der Waals surface area (Å²) in [5.41, 5.74) is 0. The first-order chi connectivity index (χ1) is 8.35. The Balaban J connectivity index is 2.07. The van der Waals surface area contributed by atoms with Crippen molar-refractivity contribution >= 4 is 0 Å². The summed E-state index contributed by atoms with van der Waals surface area (Å²) in [6.07, 6.45) is 3.23. The molecule has 1 aromatic heterocycles. The zero-order chi connectivity index (χ0) is 12.1. The van der Waals surface area contributed by atoms with Crippen molar-refractivity contribution in [1.82, 2.24) is 5.32 Å². The Bertz CT molecular complexity index is 329. The van der Waals surface area contributed by atoms with E-state index >= 15 is 0 Å². The Morgan fingerprint density at radius 2 is 2.29 bits per heavy atom. The van der Waals surface area contributed by atoms with Crippen LogP contribution in [0.1, 0.15) is 44.3 Å². The molecule has 0 amide bonds. The van der Waals surface area contributed by atoms with Crippen LogP contribution in [0.4, 0.5) is 0 Å². The fourth-order valence-corrected chi connectivity index (χ4v) is 2.37. The number of furan rings is 1. The van der Waals surface area contributed by atoms with Gasteiger partial charge in [-0.15, -0.1) is 0 Å². The molecule has 1 saturated heterocycles. The third kappa shape index (κ3) is 3.11. The molecular weight excluding hydrogens is 214 g/mol. The first-order valence-electron chi connectivity index (χ1n) is 6.74. The summed E-state index contributed by atoms with van der Waals surface area (Å²) in [6.45, 7) is 7.08. The molecule has 2 atom stereocenters. The predicted molar refractivity (Wildman–Crippen MR) is 68.0 cm³/mol. The third-order valence-corrected chi connectivity index (χ3v) is 3.39. The van der Waals surface area contributed by atoms with Gasteiger partial charge in [0.05, 0.1) is 12.6 Å². The average molecular weight is 237 g/mol. The zero-order valence-corrected chi connectivity index (χ0v) is 10.9. The van der Waals surface area contributed by atoms with E-state index in [0.29, 0.717) is 12.0 Å². The molecule has 1 aliphatic rings. The first kappa shape index (κ1) is 12.7. The third-order valence-electron chi connectivity index (χ3n) is 3.39. The molecule has 2 unspecified atom stereocenters. The fraction of sp³-hybridized carbons (Fsp3) is 0.714. The van der Waals surface area contributed by atoms with Crippen molar-refractivity contribution in [3.63, 3.8) is 0 Å². The van der Waals surface area contributed by atoms with E-state index in [1.54, 1.807) is 0 Å². The molecule has 2 heterocycles. The van der Waals surface area contributed by atoms with Gasteiger partial charge in [0, 0.05) is 18.9 Å². The van der Waals surface area contributed by atoms with Gasteiger partial charge >= 0.3 is 0 Å². The van der Waals surface area contributed by atoms with E-state index < -0.39 is 0 Å². The number of aryl methyl sites for hydroxylation is 1. The molecule has 0 aliphatic carbocycles. The Kier molecular flexibility index (Phi) is 4.63. The van der Waals surface area contributed by atoms with Gasteiger partial charge in [-0.2, -0.15) is 0 Å². The van der Waals surface area contributed by atoms with Crippen LogP contribution in [0.25, 0.3) is 0 Å². The van der Waals surface area contributed by atoms with Crippen LogP contribution in [-0.4, -0.2) is 19.8 Å². The largest absolute Gasteiger partial charge is 0.464 e. The summed E-state index contributed by atoms with van der Waals surface area (Å²) in [6, 6.07) is 4.52. The van der Waals surface area contributed by atoms with Gasteiger partial charge in [0.2, 0.25) is 0 Å². The second-order valence-corrected chi connectivity index (χ2v) is 4.71. The van der Waals surface area contributed by atoms with Crippen molar-refractivity contribution in [3.8, 4) is 0 Å². The number of rotatable bonds is 6. The van der Waals surface area contributed by atoms with Crippen LogP contribution in [0.5, 0.6) is 0 Å². The Morgan fingerprint density at radius 3 is 2.88 bits per heavy atom. The normalized spacial score (nSPS) is 21.9. The maximum atomic E-state index is 5.89. The van der Waals surface area contributed by atoms with Gasteiger partial charge in [-0.3, -0.25) is 0 Å². The minimum atomic E-state index is 0.317. The molecule has 3 nitrogen and oxygen atoms in total. The summed E-state index contributed by atoms with van der Waals surface area (Å²) >= 11 is 0. The molecule has 0 bridgehead atoms. The Labute approximate surface area is 104 Å². The minimum Gasteiger partial charge on any atom is -0.464 e. The first-order valence-corrected chi connectivity index (χ1v) is 6.74. The van der Waals surface area contributed by atoms with Gasteiger partial charge in [-0.1, -0.05) is 13.8 Å². The van der Waals surface area contributed by atoms with E-state index in [-0.39, 0.29) is 0 Å². The van der Waals surface area contributed by atoms with Gasteiger partial charge in [0.1, 0.15) is 11.5 Å².